The van der Waals surface area contributed by atoms with Gasteiger partial charge in [-0.3, -0.25) is 4.79 Å². The highest BCUT2D eigenvalue weighted by molar-refractivity contribution is 6.00. The van der Waals surface area contributed by atoms with Crippen LogP contribution in [0.5, 0.6) is 0 Å². The molecule has 1 saturated heterocycles. The lowest BCUT2D eigenvalue weighted by atomic mass is 10.0. The summed E-state index contributed by atoms with van der Waals surface area (Å²) in [5.41, 5.74) is 3.29. The summed E-state index contributed by atoms with van der Waals surface area (Å²) in [7, 11) is 1.96. The first kappa shape index (κ1) is 20.1. The molecule has 1 aliphatic heterocycles. The van der Waals surface area contributed by atoms with E-state index in [9.17, 15) is 4.79 Å². The van der Waals surface area contributed by atoms with Gasteiger partial charge in [-0.1, -0.05) is 48.5 Å². The molecule has 2 aromatic carbocycles. The number of nitrogens with one attached hydrogen (secondary N) is 1. The van der Waals surface area contributed by atoms with E-state index in [1.54, 1.807) is 4.68 Å². The Hall–Kier alpha value is -2.63. The summed E-state index contributed by atoms with van der Waals surface area (Å²) >= 11 is 0. The van der Waals surface area contributed by atoms with E-state index in [0.717, 1.165) is 42.9 Å². The van der Waals surface area contributed by atoms with Gasteiger partial charge in [0, 0.05) is 30.9 Å². The largest absolute Gasteiger partial charge is 0.337 e. The van der Waals surface area contributed by atoms with Crippen LogP contribution in [0.3, 0.4) is 0 Å². The Bertz CT molecular complexity index is 911. The quantitative estimate of drug-likeness (QED) is 0.730. The van der Waals surface area contributed by atoms with Crippen molar-refractivity contribution in [3.63, 3.8) is 0 Å². The van der Waals surface area contributed by atoms with E-state index < -0.39 is 0 Å². The molecule has 3 aromatic rings. The van der Waals surface area contributed by atoms with Gasteiger partial charge in [0.15, 0.2) is 0 Å². The third-order valence-corrected chi connectivity index (χ3v) is 5.13. The van der Waals surface area contributed by atoms with Crippen LogP contribution in [0.15, 0.2) is 66.9 Å². The van der Waals surface area contributed by atoms with Crippen molar-refractivity contribution >= 4 is 18.3 Å². The van der Waals surface area contributed by atoms with E-state index in [-0.39, 0.29) is 18.3 Å². The van der Waals surface area contributed by atoms with Gasteiger partial charge in [-0.25, -0.2) is 4.68 Å². The van der Waals surface area contributed by atoms with Gasteiger partial charge < -0.3 is 10.2 Å². The fourth-order valence-electron chi connectivity index (χ4n) is 3.62. The van der Waals surface area contributed by atoms with Crippen LogP contribution in [0, 0.1) is 0 Å². The van der Waals surface area contributed by atoms with Crippen molar-refractivity contribution in [1.29, 1.82) is 0 Å². The predicted octanol–water partition coefficient (Wildman–Crippen LogP) is 3.79. The predicted molar refractivity (Wildman–Crippen MR) is 114 cm³/mol. The molecule has 0 saturated carbocycles. The Morgan fingerprint density at radius 1 is 1.07 bits per heavy atom. The zero-order chi connectivity index (χ0) is 18.6. The molecule has 1 unspecified atom stereocenters. The summed E-state index contributed by atoms with van der Waals surface area (Å²) in [5, 5.41) is 8.06. The Balaban J connectivity index is 0.00000225. The fourth-order valence-corrected chi connectivity index (χ4v) is 3.62. The Kier molecular flexibility index (Phi) is 6.49. The minimum absolute atomic E-state index is 0. The van der Waals surface area contributed by atoms with E-state index in [1.807, 2.05) is 78.8 Å². The molecule has 1 aromatic heterocycles. The van der Waals surface area contributed by atoms with Crippen molar-refractivity contribution in [3.05, 3.63) is 72.4 Å². The molecule has 1 atom stereocenters. The van der Waals surface area contributed by atoms with Crippen LogP contribution in [0.2, 0.25) is 0 Å². The highest BCUT2D eigenvalue weighted by Gasteiger charge is 2.27. The molecule has 0 aliphatic carbocycles. The van der Waals surface area contributed by atoms with Crippen molar-refractivity contribution < 1.29 is 4.79 Å². The Morgan fingerprint density at radius 3 is 2.43 bits per heavy atom. The first-order valence-corrected chi connectivity index (χ1v) is 9.43. The number of piperidine rings is 1. The molecule has 6 heteroatoms. The van der Waals surface area contributed by atoms with Gasteiger partial charge in [-0.2, -0.15) is 5.10 Å². The molecular formula is C22H25ClN4O. The number of benzene rings is 2. The molecule has 0 radical (unpaired) electrons. The normalized spacial score (nSPS) is 16.5. The van der Waals surface area contributed by atoms with Crippen LogP contribution >= 0.6 is 12.4 Å². The number of halogens is 1. The third kappa shape index (κ3) is 4.11. The number of likely N-dealkylation sites (tertiary alicyclic amines) is 1. The van der Waals surface area contributed by atoms with Crippen molar-refractivity contribution in [2.45, 2.75) is 18.9 Å². The number of amides is 1. The number of rotatable bonds is 4. The molecule has 146 valence electrons. The number of nitrogens with zero attached hydrogens (tertiary/aromatic N) is 3. The third-order valence-electron chi connectivity index (χ3n) is 5.13. The van der Waals surface area contributed by atoms with Crippen LogP contribution in [0.25, 0.3) is 16.9 Å². The lowest BCUT2D eigenvalue weighted by molar-refractivity contribution is 0.0699. The highest BCUT2D eigenvalue weighted by Crippen LogP contribution is 2.26. The van der Waals surface area contributed by atoms with Crippen LogP contribution in [0.4, 0.5) is 0 Å². The Labute approximate surface area is 171 Å². The van der Waals surface area contributed by atoms with Crippen LogP contribution in [0.1, 0.15) is 23.2 Å². The molecular weight excluding hydrogens is 372 g/mol. The van der Waals surface area contributed by atoms with Gasteiger partial charge in [-0.05, 0) is 32.0 Å². The molecule has 1 aliphatic rings. The fraction of sp³-hybridized carbons (Fsp3) is 0.273. The summed E-state index contributed by atoms with van der Waals surface area (Å²) in [4.78, 5) is 15.3. The number of hydrogen-bond acceptors (Lipinski definition) is 3. The summed E-state index contributed by atoms with van der Waals surface area (Å²) < 4.78 is 1.80. The van der Waals surface area contributed by atoms with Crippen LogP contribution in [-0.2, 0) is 0 Å². The number of hydrogen-bond donors (Lipinski definition) is 1. The molecule has 0 bridgehead atoms. The molecule has 1 N–H and O–H groups in total. The molecule has 2 heterocycles. The Morgan fingerprint density at radius 2 is 1.75 bits per heavy atom. The van der Waals surface area contributed by atoms with Crippen LogP contribution < -0.4 is 5.32 Å². The van der Waals surface area contributed by atoms with E-state index in [1.165, 1.54) is 0 Å². The van der Waals surface area contributed by atoms with E-state index >= 15 is 0 Å². The topological polar surface area (TPSA) is 50.2 Å². The summed E-state index contributed by atoms with van der Waals surface area (Å²) in [6, 6.07) is 20.2. The standard InChI is InChI=1S/C22H24N4O.ClH/c1-23-18-11-8-14-25(15-18)22(27)20-16-26(19-12-6-3-7-13-19)24-21(20)17-9-4-2-5-10-17;/h2-7,9-10,12-13,16,18,23H,8,11,14-15H2,1H3;1H. The monoisotopic (exact) mass is 396 g/mol. The SMILES string of the molecule is CNC1CCCN(C(=O)c2cn(-c3ccccc3)nc2-c2ccccc2)C1.Cl. The van der Waals surface area contributed by atoms with Gasteiger partial charge in [0.1, 0.15) is 5.69 Å². The summed E-state index contributed by atoms with van der Waals surface area (Å²) in [5.74, 6) is 0.0518. The molecule has 0 spiro atoms. The number of para-hydroxylation sites is 1. The minimum atomic E-state index is 0. The number of aromatic nitrogens is 2. The smallest absolute Gasteiger partial charge is 0.257 e. The maximum Gasteiger partial charge on any atom is 0.257 e. The second kappa shape index (κ2) is 9.04. The number of carbonyl (C=O) groups excluding carboxylic acids is 1. The molecule has 5 nitrogen and oxygen atoms in total. The van der Waals surface area contributed by atoms with Crippen LogP contribution in [-0.4, -0.2) is 46.8 Å². The van der Waals surface area contributed by atoms with Crippen molar-refractivity contribution in [2.24, 2.45) is 0 Å². The first-order valence-electron chi connectivity index (χ1n) is 9.43. The molecule has 1 fully saturated rings. The average molecular weight is 397 g/mol. The maximum atomic E-state index is 13.3. The second-order valence-corrected chi connectivity index (χ2v) is 6.92. The zero-order valence-corrected chi connectivity index (χ0v) is 16.7. The van der Waals surface area contributed by atoms with Crippen molar-refractivity contribution in [2.75, 3.05) is 20.1 Å². The van der Waals surface area contributed by atoms with Gasteiger partial charge in [-0.15, -0.1) is 12.4 Å². The van der Waals surface area contributed by atoms with Crippen molar-refractivity contribution in [3.8, 4) is 16.9 Å². The average Bonchev–Trinajstić information content (AvgIpc) is 3.20. The second-order valence-electron chi connectivity index (χ2n) is 6.92. The maximum absolute atomic E-state index is 13.3. The zero-order valence-electron chi connectivity index (χ0n) is 15.9. The lowest BCUT2D eigenvalue weighted by Crippen LogP contribution is -2.47. The minimum Gasteiger partial charge on any atom is -0.337 e. The van der Waals surface area contributed by atoms with Gasteiger partial charge >= 0.3 is 0 Å². The van der Waals surface area contributed by atoms with Gasteiger partial charge in [0.25, 0.3) is 5.91 Å². The van der Waals surface area contributed by atoms with E-state index in [0.29, 0.717) is 11.6 Å². The highest BCUT2D eigenvalue weighted by atomic mass is 35.5. The molecule has 28 heavy (non-hydrogen) atoms. The number of carbonyl (C=O) groups is 1. The van der Waals surface area contributed by atoms with E-state index in [2.05, 4.69) is 5.32 Å². The first-order chi connectivity index (χ1) is 13.3. The van der Waals surface area contributed by atoms with Crippen molar-refractivity contribution in [1.82, 2.24) is 20.0 Å². The number of likely N-dealkylation sites (N-methyl/N-ethyl adjacent to an activating group) is 1. The van der Waals surface area contributed by atoms with Gasteiger partial charge in [0.05, 0.1) is 11.3 Å². The lowest BCUT2D eigenvalue weighted by Gasteiger charge is -2.32. The summed E-state index contributed by atoms with van der Waals surface area (Å²) in [6.07, 6.45) is 3.99. The summed E-state index contributed by atoms with van der Waals surface area (Å²) in [6.45, 7) is 1.53. The molecule has 4 rings (SSSR count). The molecule has 1 amide bonds. The van der Waals surface area contributed by atoms with Gasteiger partial charge in [0.2, 0.25) is 0 Å². The van der Waals surface area contributed by atoms with E-state index in [4.69, 9.17) is 5.10 Å².